The maximum atomic E-state index is 12.3. The fourth-order valence-electron chi connectivity index (χ4n) is 2.80. The Balaban J connectivity index is 1.92. The van der Waals surface area contributed by atoms with Crippen molar-refractivity contribution in [3.8, 4) is 0 Å². The molecule has 0 unspecified atom stereocenters. The Bertz CT molecular complexity index is 665. The van der Waals surface area contributed by atoms with Crippen molar-refractivity contribution in [1.29, 1.82) is 0 Å². The van der Waals surface area contributed by atoms with Gasteiger partial charge in [0.05, 0.1) is 12.8 Å². The van der Waals surface area contributed by atoms with Crippen LogP contribution < -0.4 is 5.32 Å². The van der Waals surface area contributed by atoms with Gasteiger partial charge in [0.15, 0.2) is 0 Å². The van der Waals surface area contributed by atoms with Crippen LogP contribution in [0.1, 0.15) is 18.1 Å². The minimum atomic E-state index is -3.13. The Morgan fingerprint density at radius 3 is 2.43 bits per heavy atom. The van der Waals surface area contributed by atoms with Gasteiger partial charge in [-0.05, 0) is 24.5 Å². The number of carbonyl (C=O) groups is 1. The molecular formula is C16H25N3O3S. The van der Waals surface area contributed by atoms with E-state index in [-0.39, 0.29) is 12.5 Å². The maximum absolute atomic E-state index is 12.3. The third kappa shape index (κ3) is 4.76. The lowest BCUT2D eigenvalue weighted by Gasteiger charge is -2.32. The minimum absolute atomic E-state index is 0.0539. The predicted octanol–water partition coefficient (Wildman–Crippen LogP) is 1.07. The van der Waals surface area contributed by atoms with E-state index in [1.54, 1.807) is 0 Å². The number of carbonyl (C=O) groups excluding carboxylic acids is 1. The largest absolute Gasteiger partial charge is 0.324 e. The number of para-hydroxylation sites is 1. The third-order valence-electron chi connectivity index (χ3n) is 4.17. The zero-order valence-corrected chi connectivity index (χ0v) is 14.8. The van der Waals surface area contributed by atoms with Gasteiger partial charge < -0.3 is 5.32 Å². The van der Waals surface area contributed by atoms with Gasteiger partial charge in [-0.1, -0.05) is 25.1 Å². The Kier molecular flexibility index (Phi) is 5.78. The van der Waals surface area contributed by atoms with Gasteiger partial charge in [-0.25, -0.2) is 8.42 Å². The molecule has 0 atom stereocenters. The summed E-state index contributed by atoms with van der Waals surface area (Å²) < 4.78 is 24.4. The van der Waals surface area contributed by atoms with Gasteiger partial charge in [-0.2, -0.15) is 4.31 Å². The van der Waals surface area contributed by atoms with Crippen LogP contribution in [0.15, 0.2) is 18.2 Å². The molecule has 0 spiro atoms. The fourth-order valence-corrected chi connectivity index (χ4v) is 3.63. The Hall–Kier alpha value is -1.44. The summed E-state index contributed by atoms with van der Waals surface area (Å²) in [4.78, 5) is 14.3. The Labute approximate surface area is 138 Å². The second-order valence-corrected chi connectivity index (χ2v) is 7.93. The molecule has 1 aliphatic rings. The zero-order chi connectivity index (χ0) is 17.0. The van der Waals surface area contributed by atoms with Gasteiger partial charge in [0.2, 0.25) is 15.9 Å². The number of hydrogen-bond acceptors (Lipinski definition) is 4. The molecule has 128 valence electrons. The zero-order valence-electron chi connectivity index (χ0n) is 14.0. The summed E-state index contributed by atoms with van der Waals surface area (Å²) in [6.07, 6.45) is 2.09. The molecule has 1 amide bonds. The predicted molar refractivity (Wildman–Crippen MR) is 92.0 cm³/mol. The van der Waals surface area contributed by atoms with E-state index in [0.29, 0.717) is 26.2 Å². The highest BCUT2D eigenvalue weighted by Gasteiger charge is 2.24. The minimum Gasteiger partial charge on any atom is -0.324 e. The van der Waals surface area contributed by atoms with E-state index in [9.17, 15) is 13.2 Å². The van der Waals surface area contributed by atoms with Crippen molar-refractivity contribution < 1.29 is 13.2 Å². The molecule has 1 N–H and O–H groups in total. The number of aryl methyl sites for hydroxylation is 2. The molecule has 0 aliphatic carbocycles. The van der Waals surface area contributed by atoms with Crippen molar-refractivity contribution in [3.05, 3.63) is 29.3 Å². The van der Waals surface area contributed by atoms with Crippen molar-refractivity contribution >= 4 is 21.6 Å². The molecule has 1 heterocycles. The number of rotatable bonds is 5. The van der Waals surface area contributed by atoms with Crippen LogP contribution >= 0.6 is 0 Å². The van der Waals surface area contributed by atoms with Crippen molar-refractivity contribution in [2.45, 2.75) is 20.3 Å². The molecule has 23 heavy (non-hydrogen) atoms. The number of nitrogens with one attached hydrogen (secondary N) is 1. The van der Waals surface area contributed by atoms with E-state index in [0.717, 1.165) is 23.2 Å². The SMILES string of the molecule is CCc1cccc(C)c1NC(=O)CN1CCN(S(C)(=O)=O)CC1. The lowest BCUT2D eigenvalue weighted by atomic mass is 10.1. The summed E-state index contributed by atoms with van der Waals surface area (Å²) >= 11 is 0. The van der Waals surface area contributed by atoms with Crippen LogP contribution in [0, 0.1) is 6.92 Å². The second-order valence-electron chi connectivity index (χ2n) is 5.95. The molecule has 2 rings (SSSR count). The highest BCUT2D eigenvalue weighted by atomic mass is 32.2. The van der Waals surface area contributed by atoms with Crippen LogP contribution in [0.4, 0.5) is 5.69 Å². The van der Waals surface area contributed by atoms with Crippen LogP contribution in [0.5, 0.6) is 0 Å². The smallest absolute Gasteiger partial charge is 0.238 e. The van der Waals surface area contributed by atoms with Gasteiger partial charge in [0, 0.05) is 31.9 Å². The molecule has 1 aliphatic heterocycles. The number of nitrogens with zero attached hydrogens (tertiary/aromatic N) is 2. The van der Waals surface area contributed by atoms with E-state index in [2.05, 4.69) is 12.2 Å². The van der Waals surface area contributed by atoms with Gasteiger partial charge in [0.25, 0.3) is 0 Å². The van der Waals surface area contributed by atoms with Crippen molar-refractivity contribution in [1.82, 2.24) is 9.21 Å². The lowest BCUT2D eigenvalue weighted by Crippen LogP contribution is -2.50. The summed E-state index contributed by atoms with van der Waals surface area (Å²) in [7, 11) is -3.13. The van der Waals surface area contributed by atoms with Crippen LogP contribution in [0.25, 0.3) is 0 Å². The van der Waals surface area contributed by atoms with Crippen LogP contribution in [-0.4, -0.2) is 62.5 Å². The number of amides is 1. The van der Waals surface area contributed by atoms with Gasteiger partial charge in [0.1, 0.15) is 0 Å². The highest BCUT2D eigenvalue weighted by molar-refractivity contribution is 7.88. The van der Waals surface area contributed by atoms with E-state index in [1.165, 1.54) is 10.6 Å². The van der Waals surface area contributed by atoms with Crippen LogP contribution in [0.3, 0.4) is 0 Å². The van der Waals surface area contributed by atoms with E-state index >= 15 is 0 Å². The topological polar surface area (TPSA) is 69.7 Å². The highest BCUT2D eigenvalue weighted by Crippen LogP contribution is 2.21. The van der Waals surface area contributed by atoms with Gasteiger partial charge in [-0.15, -0.1) is 0 Å². The van der Waals surface area contributed by atoms with Crippen LogP contribution in [0.2, 0.25) is 0 Å². The monoisotopic (exact) mass is 339 g/mol. The lowest BCUT2D eigenvalue weighted by molar-refractivity contribution is -0.117. The van der Waals surface area contributed by atoms with E-state index in [1.807, 2.05) is 30.0 Å². The molecule has 0 bridgehead atoms. The normalized spacial score (nSPS) is 17.2. The summed E-state index contributed by atoms with van der Waals surface area (Å²) in [5.41, 5.74) is 3.08. The molecule has 0 saturated carbocycles. The fraction of sp³-hybridized carbons (Fsp3) is 0.562. The summed E-state index contributed by atoms with van der Waals surface area (Å²) in [6.45, 7) is 6.38. The quantitative estimate of drug-likeness (QED) is 0.871. The molecule has 1 aromatic rings. The summed E-state index contributed by atoms with van der Waals surface area (Å²) in [5.74, 6) is -0.0539. The van der Waals surface area contributed by atoms with Crippen molar-refractivity contribution in [2.24, 2.45) is 0 Å². The molecule has 7 heteroatoms. The molecule has 1 fully saturated rings. The molecule has 1 aromatic carbocycles. The molecule has 1 saturated heterocycles. The molecular weight excluding hydrogens is 314 g/mol. The van der Waals surface area contributed by atoms with Crippen molar-refractivity contribution in [3.63, 3.8) is 0 Å². The average molecular weight is 339 g/mol. The summed E-state index contributed by atoms with van der Waals surface area (Å²) in [6, 6.07) is 6.00. The number of anilines is 1. The van der Waals surface area contributed by atoms with Crippen LogP contribution in [-0.2, 0) is 21.2 Å². The summed E-state index contributed by atoms with van der Waals surface area (Å²) in [5, 5.41) is 3.01. The van der Waals surface area contributed by atoms with E-state index in [4.69, 9.17) is 0 Å². The second kappa shape index (κ2) is 7.42. The first-order valence-corrected chi connectivity index (χ1v) is 9.72. The Morgan fingerprint density at radius 1 is 1.22 bits per heavy atom. The standard InChI is InChI=1S/C16H25N3O3S/c1-4-14-7-5-6-13(2)16(14)17-15(20)12-18-8-10-19(11-9-18)23(3,21)22/h5-7H,4,8-12H2,1-3H3,(H,17,20). The number of piperazine rings is 1. The number of sulfonamides is 1. The van der Waals surface area contributed by atoms with Gasteiger partial charge >= 0.3 is 0 Å². The Morgan fingerprint density at radius 2 is 1.87 bits per heavy atom. The van der Waals surface area contributed by atoms with Gasteiger partial charge in [-0.3, -0.25) is 9.69 Å². The number of benzene rings is 1. The van der Waals surface area contributed by atoms with Crippen molar-refractivity contribution in [2.75, 3.05) is 44.3 Å². The molecule has 6 nitrogen and oxygen atoms in total. The molecule has 0 radical (unpaired) electrons. The van der Waals surface area contributed by atoms with E-state index < -0.39 is 10.0 Å². The first-order valence-electron chi connectivity index (χ1n) is 7.87. The first-order chi connectivity index (χ1) is 10.8. The average Bonchev–Trinajstić information content (AvgIpc) is 2.49. The third-order valence-corrected chi connectivity index (χ3v) is 5.48. The number of hydrogen-bond donors (Lipinski definition) is 1. The molecule has 0 aromatic heterocycles. The maximum Gasteiger partial charge on any atom is 0.238 e. The first kappa shape index (κ1) is 17.9.